The largest absolute Gasteiger partial charge is 0.435 e. The van der Waals surface area contributed by atoms with Gasteiger partial charge in [0.25, 0.3) is 5.91 Å². The first kappa shape index (κ1) is 19.1. The summed E-state index contributed by atoms with van der Waals surface area (Å²) >= 11 is 0. The van der Waals surface area contributed by atoms with Crippen LogP contribution in [0.15, 0.2) is 24.3 Å². The van der Waals surface area contributed by atoms with Gasteiger partial charge in [-0.15, -0.1) is 0 Å². The molecule has 0 saturated carbocycles. The molecule has 0 spiro atoms. The Kier molecular flexibility index (Phi) is 5.73. The molecule has 9 heteroatoms. The van der Waals surface area contributed by atoms with Crippen LogP contribution in [0.3, 0.4) is 0 Å². The van der Waals surface area contributed by atoms with Gasteiger partial charge in [-0.3, -0.25) is 9.69 Å². The predicted molar refractivity (Wildman–Crippen MR) is 84.6 cm³/mol. The number of urea groups is 1. The molecule has 7 nitrogen and oxygen atoms in total. The second-order valence-electron chi connectivity index (χ2n) is 5.90. The van der Waals surface area contributed by atoms with E-state index in [-0.39, 0.29) is 25.1 Å². The number of carbonyl (C=O) groups is 2. The summed E-state index contributed by atoms with van der Waals surface area (Å²) in [5.41, 5.74) is -0.985. The number of carbonyl (C=O) groups excluding carboxylic acids is 2. The third kappa shape index (κ3) is 3.89. The second kappa shape index (κ2) is 7.79. The molecule has 0 bridgehead atoms. The fraction of sp³-hybridized carbons (Fsp3) is 0.412. The molecule has 0 aromatic heterocycles. The maximum Gasteiger partial charge on any atom is 0.387 e. The van der Waals surface area contributed by atoms with Crippen molar-refractivity contribution in [2.45, 2.75) is 31.9 Å². The fourth-order valence-electron chi connectivity index (χ4n) is 2.68. The maximum atomic E-state index is 12.7. The van der Waals surface area contributed by atoms with Crippen LogP contribution in [0, 0.1) is 28.6 Å². The molecule has 0 radical (unpaired) electrons. The summed E-state index contributed by atoms with van der Waals surface area (Å²) in [5, 5.41) is 20.3. The molecule has 1 N–H and O–H groups in total. The average molecular weight is 362 g/mol. The zero-order chi connectivity index (χ0) is 19.3. The van der Waals surface area contributed by atoms with Crippen molar-refractivity contribution in [3.05, 3.63) is 29.8 Å². The molecule has 1 aliphatic rings. The standard InChI is InChI=1S/C17H16F2N4O3/c1-17(12-4-6-13(7-5-12)26-15(18)19)14(24)23(16(25)22-17)10-11(9-21)3-2-8-20/h4-7,11,15H,2-3,10H2,1H3,(H,22,25)/t11-,17+/m0/s1. The molecular formula is C17H16F2N4O3. The Morgan fingerprint density at radius 1 is 1.27 bits per heavy atom. The summed E-state index contributed by atoms with van der Waals surface area (Å²) in [6, 6.07) is 8.64. The summed E-state index contributed by atoms with van der Waals surface area (Å²) in [4.78, 5) is 25.9. The fourth-order valence-corrected chi connectivity index (χ4v) is 2.68. The maximum absolute atomic E-state index is 12.7. The van der Waals surface area contributed by atoms with E-state index in [1.807, 2.05) is 12.1 Å². The molecule has 1 aromatic rings. The van der Waals surface area contributed by atoms with Crippen molar-refractivity contribution >= 4 is 11.9 Å². The van der Waals surface area contributed by atoms with Crippen molar-refractivity contribution in [3.8, 4) is 17.9 Å². The molecule has 1 fully saturated rings. The van der Waals surface area contributed by atoms with Crippen molar-refractivity contribution in [2.75, 3.05) is 6.54 Å². The number of alkyl halides is 2. The highest BCUT2D eigenvalue weighted by Gasteiger charge is 2.49. The molecule has 2 atom stereocenters. The van der Waals surface area contributed by atoms with Crippen LogP contribution in [-0.2, 0) is 10.3 Å². The second-order valence-corrected chi connectivity index (χ2v) is 5.90. The Morgan fingerprint density at radius 3 is 2.46 bits per heavy atom. The number of imide groups is 1. The first-order chi connectivity index (χ1) is 12.3. The Labute approximate surface area is 148 Å². The SMILES string of the molecule is C[C@]1(c2ccc(OC(F)F)cc2)NC(=O)N(C[C@H](C#N)CCC#N)C1=O. The van der Waals surface area contributed by atoms with Crippen molar-refractivity contribution in [1.29, 1.82) is 10.5 Å². The summed E-state index contributed by atoms with van der Waals surface area (Å²) in [5.74, 6) is -1.27. The van der Waals surface area contributed by atoms with E-state index in [1.54, 1.807) is 0 Å². The molecule has 1 heterocycles. The molecule has 2 rings (SSSR count). The van der Waals surface area contributed by atoms with E-state index in [4.69, 9.17) is 10.5 Å². The van der Waals surface area contributed by atoms with Crippen LogP contribution in [0.2, 0.25) is 0 Å². The van der Waals surface area contributed by atoms with Crippen LogP contribution >= 0.6 is 0 Å². The highest BCUT2D eigenvalue weighted by Crippen LogP contribution is 2.31. The van der Waals surface area contributed by atoms with E-state index in [9.17, 15) is 18.4 Å². The van der Waals surface area contributed by atoms with Crippen LogP contribution in [0.25, 0.3) is 0 Å². The zero-order valence-corrected chi connectivity index (χ0v) is 13.9. The summed E-state index contributed by atoms with van der Waals surface area (Å²) in [6.07, 6.45) is 0.394. The highest BCUT2D eigenvalue weighted by molar-refractivity contribution is 6.07. The number of nitrogens with zero attached hydrogens (tertiary/aromatic N) is 3. The normalized spacial score (nSPS) is 20.5. The van der Waals surface area contributed by atoms with E-state index in [0.29, 0.717) is 5.56 Å². The van der Waals surface area contributed by atoms with Gasteiger partial charge in [-0.25, -0.2) is 4.79 Å². The summed E-state index contributed by atoms with van der Waals surface area (Å²) in [6.45, 7) is -1.59. The van der Waals surface area contributed by atoms with Gasteiger partial charge in [-0.05, 0) is 31.0 Å². The lowest BCUT2D eigenvalue weighted by Crippen LogP contribution is -2.41. The molecule has 1 aromatic carbocycles. The number of nitriles is 2. The van der Waals surface area contributed by atoms with E-state index in [0.717, 1.165) is 4.90 Å². The molecule has 3 amide bonds. The minimum absolute atomic E-state index is 0.0676. The first-order valence-electron chi connectivity index (χ1n) is 7.78. The van der Waals surface area contributed by atoms with E-state index < -0.39 is 30.0 Å². The first-order valence-corrected chi connectivity index (χ1v) is 7.78. The minimum atomic E-state index is -2.96. The van der Waals surface area contributed by atoms with Gasteiger partial charge >= 0.3 is 12.6 Å². The van der Waals surface area contributed by atoms with Gasteiger partial charge in [0.1, 0.15) is 11.3 Å². The lowest BCUT2D eigenvalue weighted by molar-refractivity contribution is -0.131. The zero-order valence-electron chi connectivity index (χ0n) is 13.9. The molecule has 1 aliphatic heterocycles. The van der Waals surface area contributed by atoms with Crippen molar-refractivity contribution in [3.63, 3.8) is 0 Å². The smallest absolute Gasteiger partial charge is 0.387 e. The molecule has 26 heavy (non-hydrogen) atoms. The van der Waals surface area contributed by atoms with Crippen LogP contribution in [0.4, 0.5) is 13.6 Å². The Balaban J connectivity index is 2.18. The van der Waals surface area contributed by atoms with E-state index in [1.165, 1.54) is 31.2 Å². The Hall–Kier alpha value is -3.20. The molecule has 136 valence electrons. The number of amides is 3. The summed E-state index contributed by atoms with van der Waals surface area (Å²) in [7, 11) is 0. The van der Waals surface area contributed by atoms with Gasteiger partial charge in [0.15, 0.2) is 0 Å². The van der Waals surface area contributed by atoms with Gasteiger partial charge in [0.05, 0.1) is 18.1 Å². The minimum Gasteiger partial charge on any atom is -0.435 e. The monoisotopic (exact) mass is 362 g/mol. The van der Waals surface area contributed by atoms with Gasteiger partial charge in [-0.1, -0.05) is 12.1 Å². The molecular weight excluding hydrogens is 346 g/mol. The van der Waals surface area contributed by atoms with Gasteiger partial charge in [-0.2, -0.15) is 19.3 Å². The number of rotatable bonds is 7. The predicted octanol–water partition coefficient (Wildman–Crippen LogP) is 2.50. The van der Waals surface area contributed by atoms with Crippen LogP contribution in [-0.4, -0.2) is 30.0 Å². The van der Waals surface area contributed by atoms with Crippen LogP contribution in [0.1, 0.15) is 25.3 Å². The summed E-state index contributed by atoms with van der Waals surface area (Å²) < 4.78 is 28.7. The lowest BCUT2D eigenvalue weighted by atomic mass is 9.91. The number of benzene rings is 1. The molecule has 1 saturated heterocycles. The van der Waals surface area contributed by atoms with Crippen LogP contribution < -0.4 is 10.1 Å². The van der Waals surface area contributed by atoms with Gasteiger partial charge in [0, 0.05) is 13.0 Å². The lowest BCUT2D eigenvalue weighted by Gasteiger charge is -2.23. The Bertz CT molecular complexity index is 770. The number of hydrogen-bond donors (Lipinski definition) is 1. The number of halogens is 2. The van der Waals surface area contributed by atoms with Gasteiger partial charge < -0.3 is 10.1 Å². The van der Waals surface area contributed by atoms with E-state index >= 15 is 0 Å². The topological polar surface area (TPSA) is 106 Å². The van der Waals surface area contributed by atoms with E-state index in [2.05, 4.69) is 10.1 Å². The third-order valence-electron chi connectivity index (χ3n) is 4.12. The third-order valence-corrected chi connectivity index (χ3v) is 4.12. The highest BCUT2D eigenvalue weighted by atomic mass is 19.3. The van der Waals surface area contributed by atoms with Crippen molar-refractivity contribution in [1.82, 2.24) is 10.2 Å². The van der Waals surface area contributed by atoms with Crippen molar-refractivity contribution in [2.24, 2.45) is 5.92 Å². The Morgan fingerprint density at radius 2 is 1.92 bits per heavy atom. The van der Waals surface area contributed by atoms with Crippen LogP contribution in [0.5, 0.6) is 5.75 Å². The van der Waals surface area contributed by atoms with Gasteiger partial charge in [0.2, 0.25) is 0 Å². The quantitative estimate of drug-likeness (QED) is 0.750. The van der Waals surface area contributed by atoms with Crippen molar-refractivity contribution < 1.29 is 23.1 Å². The number of hydrogen-bond acceptors (Lipinski definition) is 5. The molecule has 0 unspecified atom stereocenters. The number of nitrogens with one attached hydrogen (secondary N) is 1. The number of ether oxygens (including phenoxy) is 1. The molecule has 0 aliphatic carbocycles. The average Bonchev–Trinajstić information content (AvgIpc) is 2.82.